The monoisotopic (exact) mass is 329 g/mol. The first kappa shape index (κ1) is 16.0. The molecule has 126 valence electrons. The van der Waals surface area contributed by atoms with Gasteiger partial charge in [-0.05, 0) is 49.9 Å². The first-order valence-electron chi connectivity index (χ1n) is 7.90. The molecule has 0 aliphatic heterocycles. The minimum atomic E-state index is -0.509. The molecule has 0 spiro atoms. The van der Waals surface area contributed by atoms with Crippen LogP contribution in [-0.4, -0.2) is 33.8 Å². The van der Waals surface area contributed by atoms with Crippen LogP contribution in [-0.2, 0) is 22.4 Å². The van der Waals surface area contributed by atoms with Crippen LogP contribution in [0.15, 0.2) is 24.4 Å². The van der Waals surface area contributed by atoms with E-state index in [4.69, 9.17) is 4.74 Å². The van der Waals surface area contributed by atoms with Crippen molar-refractivity contribution in [3.05, 3.63) is 41.2 Å². The Morgan fingerprint density at radius 2 is 2.29 bits per heavy atom. The van der Waals surface area contributed by atoms with Gasteiger partial charge in [0.25, 0.3) is 0 Å². The molecule has 2 aromatic rings. The fourth-order valence-electron chi connectivity index (χ4n) is 2.85. The van der Waals surface area contributed by atoms with E-state index >= 15 is 0 Å². The van der Waals surface area contributed by atoms with Crippen LogP contribution in [0.5, 0.6) is 5.75 Å². The van der Waals surface area contributed by atoms with Crippen molar-refractivity contribution < 1.29 is 19.4 Å². The molecule has 1 aromatic heterocycles. The largest absolute Gasteiger partial charge is 0.506 e. The second-order valence-electron chi connectivity index (χ2n) is 5.76. The number of hydrogen-bond donors (Lipinski definition) is 3. The number of esters is 1. The number of carbonyl (C=O) groups excluding carboxylic acids is 2. The normalized spacial score (nSPS) is 16.3. The van der Waals surface area contributed by atoms with Crippen LogP contribution >= 0.6 is 0 Å². The fourth-order valence-corrected chi connectivity index (χ4v) is 2.85. The minimum Gasteiger partial charge on any atom is -0.506 e. The van der Waals surface area contributed by atoms with Gasteiger partial charge in [0, 0.05) is 11.6 Å². The maximum absolute atomic E-state index is 12.4. The number of rotatable bonds is 4. The molecular weight excluding hydrogens is 310 g/mol. The number of nitrogens with one attached hydrogen (secondary N) is 2. The maximum atomic E-state index is 12.4. The van der Waals surface area contributed by atoms with Crippen molar-refractivity contribution in [2.24, 2.45) is 5.92 Å². The highest BCUT2D eigenvalue weighted by molar-refractivity contribution is 5.96. The number of hydrogen-bond acceptors (Lipinski definition) is 5. The number of phenols is 1. The van der Waals surface area contributed by atoms with Crippen LogP contribution in [0.1, 0.15) is 35.0 Å². The lowest BCUT2D eigenvalue weighted by molar-refractivity contribution is -0.120. The highest BCUT2D eigenvalue weighted by Gasteiger charge is 2.26. The Morgan fingerprint density at radius 1 is 1.46 bits per heavy atom. The molecule has 0 unspecified atom stereocenters. The highest BCUT2D eigenvalue weighted by Crippen LogP contribution is 2.28. The van der Waals surface area contributed by atoms with Crippen LogP contribution in [0.25, 0.3) is 0 Å². The van der Waals surface area contributed by atoms with E-state index in [9.17, 15) is 14.7 Å². The number of aryl methyl sites for hydroxylation is 1. The van der Waals surface area contributed by atoms with E-state index < -0.39 is 5.97 Å². The molecule has 0 fully saturated rings. The Labute approximate surface area is 139 Å². The molecule has 0 saturated carbocycles. The van der Waals surface area contributed by atoms with Crippen LogP contribution in [0, 0.1) is 5.92 Å². The second kappa shape index (κ2) is 6.74. The number of aromatic nitrogens is 2. The molecule has 0 saturated heterocycles. The number of aromatic amines is 1. The third kappa shape index (κ3) is 3.24. The van der Waals surface area contributed by atoms with Crippen molar-refractivity contribution in [2.75, 3.05) is 11.9 Å². The Kier molecular flexibility index (Phi) is 4.50. The number of carbonyl (C=O) groups is 2. The number of aromatic hydroxyl groups is 1. The number of anilines is 1. The standard InChI is InChI=1S/C17H19N3O4/c1-2-24-17(23)11-4-6-14(15(21)8-11)19-16(22)10-3-5-13-12(7-10)9-18-20-13/h4,6,8-10,21H,2-3,5,7H2,1H3,(H,18,20)(H,19,22)/t10-/m1/s1. The second-order valence-corrected chi connectivity index (χ2v) is 5.76. The van der Waals surface area contributed by atoms with Crippen molar-refractivity contribution in [1.82, 2.24) is 10.2 Å². The van der Waals surface area contributed by atoms with Gasteiger partial charge >= 0.3 is 5.97 Å². The molecule has 3 rings (SSSR count). The Bertz CT molecular complexity index is 769. The summed E-state index contributed by atoms with van der Waals surface area (Å²) in [6.07, 6.45) is 3.88. The van der Waals surface area contributed by atoms with Gasteiger partial charge in [0.2, 0.25) is 5.91 Å². The van der Waals surface area contributed by atoms with Crippen molar-refractivity contribution in [3.63, 3.8) is 0 Å². The topological polar surface area (TPSA) is 104 Å². The summed E-state index contributed by atoms with van der Waals surface area (Å²) in [5, 5.41) is 19.7. The van der Waals surface area contributed by atoms with Gasteiger partial charge in [0.15, 0.2) is 0 Å². The summed E-state index contributed by atoms with van der Waals surface area (Å²) in [5.74, 6) is -0.987. The molecule has 1 aliphatic carbocycles. The number of phenolic OH excluding ortho intramolecular Hbond substituents is 1. The lowest BCUT2D eigenvalue weighted by atomic mass is 9.87. The smallest absolute Gasteiger partial charge is 0.338 e. The van der Waals surface area contributed by atoms with Crippen molar-refractivity contribution in [3.8, 4) is 5.75 Å². The summed E-state index contributed by atoms with van der Waals surface area (Å²) in [4.78, 5) is 24.1. The predicted octanol–water partition coefficient (Wildman–Crippen LogP) is 2.04. The fraction of sp³-hybridized carbons (Fsp3) is 0.353. The molecule has 1 aromatic carbocycles. The highest BCUT2D eigenvalue weighted by atomic mass is 16.5. The predicted molar refractivity (Wildman–Crippen MR) is 86.8 cm³/mol. The van der Waals surface area contributed by atoms with Crippen molar-refractivity contribution >= 4 is 17.6 Å². The number of ether oxygens (including phenoxy) is 1. The van der Waals surface area contributed by atoms with Gasteiger partial charge in [-0.25, -0.2) is 4.79 Å². The maximum Gasteiger partial charge on any atom is 0.338 e. The SMILES string of the molecule is CCOC(=O)c1ccc(NC(=O)[C@@H]2CCc3[nH]ncc3C2)c(O)c1. The third-order valence-electron chi connectivity index (χ3n) is 4.15. The van der Waals surface area contributed by atoms with Gasteiger partial charge in [-0.3, -0.25) is 9.89 Å². The average Bonchev–Trinajstić information content (AvgIpc) is 3.04. The molecule has 24 heavy (non-hydrogen) atoms. The lowest BCUT2D eigenvalue weighted by Crippen LogP contribution is -2.28. The molecule has 0 bridgehead atoms. The van der Waals surface area contributed by atoms with E-state index in [1.54, 1.807) is 13.1 Å². The summed E-state index contributed by atoms with van der Waals surface area (Å²) in [6, 6.07) is 4.32. The Hall–Kier alpha value is -2.83. The molecule has 1 aliphatic rings. The summed E-state index contributed by atoms with van der Waals surface area (Å²) < 4.78 is 4.88. The average molecular weight is 329 g/mol. The van der Waals surface area contributed by atoms with E-state index in [0.717, 1.165) is 24.1 Å². The zero-order valence-corrected chi connectivity index (χ0v) is 13.3. The van der Waals surface area contributed by atoms with E-state index in [-0.39, 0.29) is 35.4 Å². The molecule has 1 heterocycles. The summed E-state index contributed by atoms with van der Waals surface area (Å²) in [5.41, 5.74) is 2.67. The number of amides is 1. The number of benzene rings is 1. The molecule has 3 N–H and O–H groups in total. The first-order valence-corrected chi connectivity index (χ1v) is 7.90. The molecule has 0 radical (unpaired) electrons. The van der Waals surface area contributed by atoms with E-state index in [2.05, 4.69) is 15.5 Å². The lowest BCUT2D eigenvalue weighted by Gasteiger charge is -2.21. The summed E-state index contributed by atoms with van der Waals surface area (Å²) >= 11 is 0. The van der Waals surface area contributed by atoms with Gasteiger partial charge < -0.3 is 15.2 Å². The number of fused-ring (bicyclic) bond motifs is 1. The van der Waals surface area contributed by atoms with E-state index in [0.29, 0.717) is 6.42 Å². The van der Waals surface area contributed by atoms with Gasteiger partial charge in [-0.15, -0.1) is 0 Å². The van der Waals surface area contributed by atoms with Crippen LogP contribution < -0.4 is 5.32 Å². The third-order valence-corrected chi connectivity index (χ3v) is 4.15. The van der Waals surface area contributed by atoms with Crippen molar-refractivity contribution in [1.29, 1.82) is 0 Å². The Balaban J connectivity index is 1.68. The minimum absolute atomic E-state index is 0.152. The molecule has 7 heteroatoms. The van der Waals surface area contributed by atoms with Gasteiger partial charge in [-0.2, -0.15) is 5.10 Å². The van der Waals surface area contributed by atoms with Gasteiger partial charge in [0.1, 0.15) is 5.75 Å². The van der Waals surface area contributed by atoms with Crippen LogP contribution in [0.4, 0.5) is 5.69 Å². The summed E-state index contributed by atoms with van der Waals surface area (Å²) in [7, 11) is 0. The van der Waals surface area contributed by atoms with Crippen LogP contribution in [0.3, 0.4) is 0 Å². The van der Waals surface area contributed by atoms with E-state index in [1.165, 1.54) is 18.2 Å². The van der Waals surface area contributed by atoms with Crippen molar-refractivity contribution in [2.45, 2.75) is 26.2 Å². The van der Waals surface area contributed by atoms with Crippen LogP contribution in [0.2, 0.25) is 0 Å². The number of nitrogens with zero attached hydrogens (tertiary/aromatic N) is 1. The summed E-state index contributed by atoms with van der Waals surface area (Å²) in [6.45, 7) is 1.97. The molecule has 1 atom stereocenters. The molecular formula is C17H19N3O4. The zero-order valence-electron chi connectivity index (χ0n) is 13.3. The zero-order chi connectivity index (χ0) is 17.1. The van der Waals surface area contributed by atoms with E-state index in [1.807, 2.05) is 0 Å². The molecule has 7 nitrogen and oxygen atoms in total. The van der Waals surface area contributed by atoms with Gasteiger partial charge in [-0.1, -0.05) is 0 Å². The Morgan fingerprint density at radius 3 is 3.04 bits per heavy atom. The first-order chi connectivity index (χ1) is 11.6. The molecule has 1 amide bonds. The quantitative estimate of drug-likeness (QED) is 0.588. The van der Waals surface area contributed by atoms with Gasteiger partial charge in [0.05, 0.1) is 24.1 Å². The number of H-pyrrole nitrogens is 1.